The highest BCUT2D eigenvalue weighted by molar-refractivity contribution is 7.12. The molecule has 3 heterocycles. The van der Waals surface area contributed by atoms with Gasteiger partial charge < -0.3 is 15.5 Å². The minimum atomic E-state index is -1.03. The quantitative estimate of drug-likeness (QED) is 0.846. The molecule has 0 atom stereocenters. The van der Waals surface area contributed by atoms with Crippen LogP contribution in [0.25, 0.3) is 0 Å². The number of piperidine rings is 1. The van der Waals surface area contributed by atoms with Gasteiger partial charge in [-0.1, -0.05) is 6.07 Å². The minimum absolute atomic E-state index is 0.0379. The Kier molecular flexibility index (Phi) is 5.32. The maximum Gasteiger partial charge on any atom is 0.263 e. The highest BCUT2D eigenvalue weighted by Gasteiger charge is 2.43. The molecular formula is C18H20N4O3S. The van der Waals surface area contributed by atoms with E-state index in [2.05, 4.69) is 15.6 Å². The monoisotopic (exact) mass is 372 g/mol. The summed E-state index contributed by atoms with van der Waals surface area (Å²) in [7, 11) is 1.55. The van der Waals surface area contributed by atoms with Crippen LogP contribution >= 0.6 is 11.3 Å². The standard InChI is InChI=1S/C18H20N4O3S/c1-19-17(25)18(21-15(23)13-4-2-8-20-12-13)6-9-22(10-7-18)16(24)14-5-3-11-26-14/h2-5,8,11-12H,6-7,9-10H2,1H3,(H,19,25)(H,21,23). The third kappa shape index (κ3) is 3.60. The zero-order valence-electron chi connectivity index (χ0n) is 14.4. The van der Waals surface area contributed by atoms with Gasteiger partial charge in [0.05, 0.1) is 10.4 Å². The van der Waals surface area contributed by atoms with Gasteiger partial charge in [-0.05, 0) is 36.4 Å². The van der Waals surface area contributed by atoms with E-state index in [9.17, 15) is 14.4 Å². The lowest BCUT2D eigenvalue weighted by Crippen LogP contribution is -2.63. The normalized spacial score (nSPS) is 16.0. The van der Waals surface area contributed by atoms with Gasteiger partial charge in [0, 0.05) is 32.5 Å². The summed E-state index contributed by atoms with van der Waals surface area (Å²) in [4.78, 5) is 43.9. The predicted molar refractivity (Wildman–Crippen MR) is 98.0 cm³/mol. The summed E-state index contributed by atoms with van der Waals surface area (Å²) in [6.07, 6.45) is 3.76. The molecule has 2 aromatic rings. The summed E-state index contributed by atoms with van der Waals surface area (Å²) in [5.41, 5.74) is -0.638. The van der Waals surface area contributed by atoms with Gasteiger partial charge in [0.2, 0.25) is 5.91 Å². The van der Waals surface area contributed by atoms with Crippen LogP contribution in [-0.4, -0.2) is 53.3 Å². The van der Waals surface area contributed by atoms with Crippen LogP contribution in [0.2, 0.25) is 0 Å². The second-order valence-electron chi connectivity index (χ2n) is 6.13. The van der Waals surface area contributed by atoms with E-state index in [0.717, 1.165) is 0 Å². The molecule has 1 saturated heterocycles. The van der Waals surface area contributed by atoms with Crippen molar-refractivity contribution in [1.29, 1.82) is 0 Å². The number of nitrogens with zero attached hydrogens (tertiary/aromatic N) is 2. The molecule has 8 heteroatoms. The fourth-order valence-corrected chi connectivity index (χ4v) is 3.77. The lowest BCUT2D eigenvalue weighted by molar-refractivity contribution is -0.128. The van der Waals surface area contributed by atoms with Gasteiger partial charge in [0.1, 0.15) is 5.54 Å². The Hall–Kier alpha value is -2.74. The first-order valence-electron chi connectivity index (χ1n) is 8.33. The highest BCUT2D eigenvalue weighted by Crippen LogP contribution is 2.25. The fraction of sp³-hybridized carbons (Fsp3) is 0.333. The zero-order chi connectivity index (χ0) is 18.6. The van der Waals surface area contributed by atoms with Gasteiger partial charge >= 0.3 is 0 Å². The number of nitrogens with one attached hydrogen (secondary N) is 2. The van der Waals surface area contributed by atoms with Gasteiger partial charge in [0.25, 0.3) is 11.8 Å². The number of carbonyl (C=O) groups is 3. The summed E-state index contributed by atoms with van der Waals surface area (Å²) in [5, 5.41) is 7.36. The highest BCUT2D eigenvalue weighted by atomic mass is 32.1. The van der Waals surface area contributed by atoms with Gasteiger partial charge in [-0.15, -0.1) is 11.3 Å². The van der Waals surface area contributed by atoms with Crippen molar-refractivity contribution >= 4 is 29.1 Å². The van der Waals surface area contributed by atoms with Gasteiger partial charge in [-0.3, -0.25) is 19.4 Å². The second-order valence-corrected chi connectivity index (χ2v) is 7.07. The molecule has 0 aromatic carbocycles. The van der Waals surface area contributed by atoms with Crippen LogP contribution in [-0.2, 0) is 4.79 Å². The summed E-state index contributed by atoms with van der Waals surface area (Å²) in [5.74, 6) is -0.637. The largest absolute Gasteiger partial charge is 0.357 e. The van der Waals surface area contributed by atoms with Crippen LogP contribution in [0, 0.1) is 0 Å². The number of likely N-dealkylation sites (tertiary alicyclic amines) is 1. The van der Waals surface area contributed by atoms with Crippen LogP contribution in [0.5, 0.6) is 0 Å². The van der Waals surface area contributed by atoms with E-state index in [1.165, 1.54) is 17.5 Å². The molecule has 3 rings (SSSR count). The Morgan fingerprint density at radius 1 is 1.19 bits per heavy atom. The van der Waals surface area contributed by atoms with Gasteiger partial charge in [-0.2, -0.15) is 0 Å². The van der Waals surface area contributed by atoms with Crippen molar-refractivity contribution in [2.75, 3.05) is 20.1 Å². The van der Waals surface area contributed by atoms with Crippen molar-refractivity contribution in [3.63, 3.8) is 0 Å². The third-order valence-corrected chi connectivity index (χ3v) is 5.43. The van der Waals surface area contributed by atoms with Crippen molar-refractivity contribution in [2.24, 2.45) is 0 Å². The van der Waals surface area contributed by atoms with Crippen LogP contribution in [0.3, 0.4) is 0 Å². The first-order valence-corrected chi connectivity index (χ1v) is 9.21. The van der Waals surface area contributed by atoms with Crippen molar-refractivity contribution in [3.05, 3.63) is 52.5 Å². The number of hydrogen-bond acceptors (Lipinski definition) is 5. The molecule has 0 radical (unpaired) electrons. The Bertz CT molecular complexity index is 784. The molecule has 26 heavy (non-hydrogen) atoms. The summed E-state index contributed by atoms with van der Waals surface area (Å²) in [6.45, 7) is 0.801. The van der Waals surface area contributed by atoms with E-state index < -0.39 is 5.54 Å². The maximum atomic E-state index is 12.5. The molecule has 2 aromatic heterocycles. The molecule has 3 amide bonds. The van der Waals surface area contributed by atoms with E-state index in [0.29, 0.717) is 36.4 Å². The van der Waals surface area contributed by atoms with Crippen molar-refractivity contribution in [2.45, 2.75) is 18.4 Å². The number of hydrogen-bond donors (Lipinski definition) is 2. The Morgan fingerprint density at radius 3 is 2.54 bits per heavy atom. The van der Waals surface area contributed by atoms with E-state index in [-0.39, 0.29) is 17.7 Å². The zero-order valence-corrected chi connectivity index (χ0v) is 15.2. The Labute approximate surface area is 155 Å². The number of pyridine rings is 1. The topological polar surface area (TPSA) is 91.4 Å². The van der Waals surface area contributed by atoms with E-state index >= 15 is 0 Å². The molecule has 0 spiro atoms. The second kappa shape index (κ2) is 7.65. The van der Waals surface area contributed by atoms with Crippen LogP contribution in [0.4, 0.5) is 0 Å². The number of aromatic nitrogens is 1. The molecule has 0 unspecified atom stereocenters. The maximum absolute atomic E-state index is 12.5. The number of likely N-dealkylation sites (N-methyl/N-ethyl adjacent to an activating group) is 1. The molecule has 0 bridgehead atoms. The van der Waals surface area contributed by atoms with Gasteiger partial charge in [-0.25, -0.2) is 0 Å². The molecule has 0 aliphatic carbocycles. The first-order chi connectivity index (χ1) is 12.6. The number of rotatable bonds is 4. The lowest BCUT2D eigenvalue weighted by atomic mass is 9.86. The molecule has 1 aliphatic rings. The lowest BCUT2D eigenvalue weighted by Gasteiger charge is -2.40. The predicted octanol–water partition coefficient (Wildman–Crippen LogP) is 1.29. The Balaban J connectivity index is 1.73. The number of thiophene rings is 1. The summed E-state index contributed by atoms with van der Waals surface area (Å²) in [6, 6.07) is 6.95. The van der Waals surface area contributed by atoms with Gasteiger partial charge in [0.15, 0.2) is 0 Å². The molecule has 2 N–H and O–H groups in total. The smallest absolute Gasteiger partial charge is 0.263 e. The van der Waals surface area contributed by atoms with E-state index in [1.807, 2.05) is 11.4 Å². The number of amides is 3. The van der Waals surface area contributed by atoms with Crippen molar-refractivity contribution in [1.82, 2.24) is 20.5 Å². The number of carbonyl (C=O) groups excluding carboxylic acids is 3. The summed E-state index contributed by atoms with van der Waals surface area (Å²) < 4.78 is 0. The van der Waals surface area contributed by atoms with Crippen LogP contribution < -0.4 is 10.6 Å². The molecular weight excluding hydrogens is 352 g/mol. The molecule has 1 aliphatic heterocycles. The van der Waals surface area contributed by atoms with Crippen molar-refractivity contribution in [3.8, 4) is 0 Å². The SMILES string of the molecule is CNC(=O)C1(NC(=O)c2cccnc2)CCN(C(=O)c2cccs2)CC1. The van der Waals surface area contributed by atoms with E-state index in [4.69, 9.17) is 0 Å². The average molecular weight is 372 g/mol. The summed E-state index contributed by atoms with van der Waals surface area (Å²) >= 11 is 1.40. The first kappa shape index (κ1) is 18.1. The Morgan fingerprint density at radius 2 is 1.96 bits per heavy atom. The fourth-order valence-electron chi connectivity index (χ4n) is 3.08. The molecule has 0 saturated carbocycles. The average Bonchev–Trinajstić information content (AvgIpc) is 3.22. The van der Waals surface area contributed by atoms with E-state index in [1.54, 1.807) is 36.3 Å². The van der Waals surface area contributed by atoms with Crippen molar-refractivity contribution < 1.29 is 14.4 Å². The molecule has 1 fully saturated rings. The van der Waals surface area contributed by atoms with Crippen LogP contribution in [0.1, 0.15) is 32.9 Å². The molecule has 136 valence electrons. The third-order valence-electron chi connectivity index (χ3n) is 4.57. The minimum Gasteiger partial charge on any atom is -0.357 e. The van der Waals surface area contributed by atoms with Crippen LogP contribution in [0.15, 0.2) is 42.0 Å². The molecule has 7 nitrogen and oxygen atoms in total.